The van der Waals surface area contributed by atoms with Crippen LogP contribution >= 0.6 is 12.2 Å². The van der Waals surface area contributed by atoms with E-state index in [4.69, 9.17) is 18.0 Å². The van der Waals surface area contributed by atoms with Crippen LogP contribution in [0.4, 0.5) is 5.69 Å². The van der Waals surface area contributed by atoms with Crippen LogP contribution in [0.5, 0.6) is 0 Å². The normalized spacial score (nSPS) is 11.1. The number of hydrogen-bond donors (Lipinski definition) is 2. The van der Waals surface area contributed by atoms with Gasteiger partial charge in [-0.1, -0.05) is 31.3 Å². The molecule has 0 amide bonds. The van der Waals surface area contributed by atoms with E-state index in [1.165, 1.54) is 0 Å². The van der Waals surface area contributed by atoms with E-state index < -0.39 is 10.0 Å². The summed E-state index contributed by atoms with van der Waals surface area (Å²) in [6, 6.07) is 6.72. The van der Waals surface area contributed by atoms with Gasteiger partial charge in [0.05, 0.1) is 5.75 Å². The van der Waals surface area contributed by atoms with Gasteiger partial charge < -0.3 is 5.73 Å². The fourth-order valence-corrected chi connectivity index (χ4v) is 2.49. The Balaban J connectivity index is 2.90. The average molecular weight is 258 g/mol. The van der Waals surface area contributed by atoms with Crippen molar-refractivity contribution in [3.8, 4) is 0 Å². The third kappa shape index (κ3) is 3.79. The number of rotatable bonds is 5. The number of nitrogens with one attached hydrogen (secondary N) is 1. The van der Waals surface area contributed by atoms with Crippen molar-refractivity contribution in [1.29, 1.82) is 0 Å². The van der Waals surface area contributed by atoms with Crippen LogP contribution in [0.3, 0.4) is 0 Å². The summed E-state index contributed by atoms with van der Waals surface area (Å²) in [5.74, 6) is 0.101. The first-order valence-corrected chi connectivity index (χ1v) is 6.91. The van der Waals surface area contributed by atoms with Crippen LogP contribution in [0.15, 0.2) is 24.3 Å². The molecule has 4 nitrogen and oxygen atoms in total. The fraction of sp³-hybridized carbons (Fsp3) is 0.300. The molecule has 1 aromatic rings. The second-order valence-electron chi connectivity index (χ2n) is 3.37. The Labute approximate surface area is 101 Å². The molecule has 16 heavy (non-hydrogen) atoms. The van der Waals surface area contributed by atoms with Gasteiger partial charge in [0, 0.05) is 11.3 Å². The van der Waals surface area contributed by atoms with E-state index in [9.17, 15) is 8.42 Å². The first-order chi connectivity index (χ1) is 7.44. The van der Waals surface area contributed by atoms with Gasteiger partial charge >= 0.3 is 0 Å². The predicted molar refractivity (Wildman–Crippen MR) is 70.0 cm³/mol. The van der Waals surface area contributed by atoms with Crippen molar-refractivity contribution < 1.29 is 8.42 Å². The van der Waals surface area contributed by atoms with E-state index in [2.05, 4.69) is 4.72 Å². The molecule has 0 saturated heterocycles. The predicted octanol–water partition coefficient (Wildman–Crippen LogP) is 1.47. The van der Waals surface area contributed by atoms with E-state index in [0.29, 0.717) is 17.7 Å². The quantitative estimate of drug-likeness (QED) is 0.785. The van der Waals surface area contributed by atoms with E-state index in [0.717, 1.165) is 0 Å². The van der Waals surface area contributed by atoms with Gasteiger partial charge in [0.25, 0.3) is 0 Å². The Bertz CT molecular complexity index is 483. The van der Waals surface area contributed by atoms with Gasteiger partial charge in [0.2, 0.25) is 10.0 Å². The van der Waals surface area contributed by atoms with Crippen LogP contribution < -0.4 is 10.5 Å². The lowest BCUT2D eigenvalue weighted by Crippen LogP contribution is -2.17. The number of anilines is 1. The summed E-state index contributed by atoms with van der Waals surface area (Å²) in [4.78, 5) is 0.247. The molecule has 0 aliphatic rings. The Hall–Kier alpha value is -1.14. The van der Waals surface area contributed by atoms with E-state index in [1.807, 2.05) is 6.92 Å². The molecular weight excluding hydrogens is 244 g/mol. The lowest BCUT2D eigenvalue weighted by Gasteiger charge is -2.08. The van der Waals surface area contributed by atoms with Gasteiger partial charge in [0.15, 0.2) is 0 Å². The highest BCUT2D eigenvalue weighted by Crippen LogP contribution is 2.12. The third-order valence-corrected chi connectivity index (χ3v) is 3.62. The molecule has 0 spiro atoms. The van der Waals surface area contributed by atoms with Crippen molar-refractivity contribution in [3.63, 3.8) is 0 Å². The minimum Gasteiger partial charge on any atom is -0.389 e. The van der Waals surface area contributed by atoms with Crippen molar-refractivity contribution in [3.05, 3.63) is 29.8 Å². The van der Waals surface area contributed by atoms with Crippen LogP contribution in [-0.2, 0) is 10.0 Å². The van der Waals surface area contributed by atoms with Crippen LogP contribution in [-0.4, -0.2) is 19.2 Å². The maximum Gasteiger partial charge on any atom is 0.232 e. The monoisotopic (exact) mass is 258 g/mol. The molecule has 0 heterocycles. The minimum atomic E-state index is -3.26. The number of sulfonamides is 1. The van der Waals surface area contributed by atoms with Crippen molar-refractivity contribution >= 4 is 32.9 Å². The Morgan fingerprint density at radius 1 is 1.50 bits per heavy atom. The molecule has 0 fully saturated rings. The molecule has 0 atom stereocenters. The molecule has 0 saturated carbocycles. The molecule has 0 bridgehead atoms. The van der Waals surface area contributed by atoms with Gasteiger partial charge in [-0.05, 0) is 18.6 Å². The molecule has 6 heteroatoms. The number of nitrogens with two attached hydrogens (primary N) is 1. The molecule has 0 unspecified atom stereocenters. The molecular formula is C10H14N2O2S2. The number of thiocarbonyl (C=S) groups is 1. The molecule has 0 aromatic heterocycles. The highest BCUT2D eigenvalue weighted by molar-refractivity contribution is 7.92. The van der Waals surface area contributed by atoms with Gasteiger partial charge in [-0.25, -0.2) is 8.42 Å². The smallest absolute Gasteiger partial charge is 0.232 e. The van der Waals surface area contributed by atoms with Crippen molar-refractivity contribution in [2.24, 2.45) is 5.73 Å². The zero-order valence-corrected chi connectivity index (χ0v) is 10.6. The minimum absolute atomic E-state index is 0.101. The summed E-state index contributed by atoms with van der Waals surface area (Å²) in [6.45, 7) is 1.81. The molecule has 3 N–H and O–H groups in total. The van der Waals surface area contributed by atoms with Crippen molar-refractivity contribution in [2.75, 3.05) is 10.5 Å². The maximum atomic E-state index is 11.5. The molecule has 88 valence electrons. The lowest BCUT2D eigenvalue weighted by atomic mass is 10.2. The molecule has 1 rings (SSSR count). The first kappa shape index (κ1) is 12.9. The van der Waals surface area contributed by atoms with E-state index in [1.54, 1.807) is 24.3 Å². The Morgan fingerprint density at radius 2 is 2.19 bits per heavy atom. The second kappa shape index (κ2) is 5.27. The van der Waals surface area contributed by atoms with E-state index in [-0.39, 0.29) is 10.7 Å². The molecule has 1 aromatic carbocycles. The molecule has 0 aliphatic carbocycles. The highest BCUT2D eigenvalue weighted by atomic mass is 32.2. The third-order valence-electron chi connectivity index (χ3n) is 1.89. The Kier molecular flexibility index (Phi) is 4.26. The SMILES string of the molecule is CCCS(=O)(=O)Nc1cccc(C(N)=S)c1. The topological polar surface area (TPSA) is 72.2 Å². The van der Waals surface area contributed by atoms with Crippen LogP contribution in [0.25, 0.3) is 0 Å². The standard InChI is InChI=1S/C10H14N2O2S2/c1-2-6-16(13,14)12-9-5-3-4-8(7-9)10(11)15/h3-5,7,12H,2,6H2,1H3,(H2,11,15). The fourth-order valence-electron chi connectivity index (χ4n) is 1.24. The Morgan fingerprint density at radius 3 is 2.75 bits per heavy atom. The lowest BCUT2D eigenvalue weighted by molar-refractivity contribution is 0.600. The zero-order valence-electron chi connectivity index (χ0n) is 8.93. The first-order valence-electron chi connectivity index (χ1n) is 4.85. The summed E-state index contributed by atoms with van der Waals surface area (Å²) >= 11 is 4.81. The van der Waals surface area contributed by atoms with Crippen molar-refractivity contribution in [1.82, 2.24) is 0 Å². The number of benzene rings is 1. The maximum absolute atomic E-state index is 11.5. The van der Waals surface area contributed by atoms with Crippen LogP contribution in [0.2, 0.25) is 0 Å². The summed E-state index contributed by atoms with van der Waals surface area (Å²) < 4.78 is 25.5. The van der Waals surface area contributed by atoms with Gasteiger partial charge in [-0.3, -0.25) is 4.72 Å². The van der Waals surface area contributed by atoms with Gasteiger partial charge in [-0.2, -0.15) is 0 Å². The number of hydrogen-bond acceptors (Lipinski definition) is 3. The summed E-state index contributed by atoms with van der Waals surface area (Å²) in [5.41, 5.74) is 6.59. The van der Waals surface area contributed by atoms with Crippen LogP contribution in [0, 0.1) is 0 Å². The summed E-state index contributed by atoms with van der Waals surface area (Å²) in [6.07, 6.45) is 0.574. The largest absolute Gasteiger partial charge is 0.389 e. The second-order valence-corrected chi connectivity index (χ2v) is 5.65. The van der Waals surface area contributed by atoms with E-state index >= 15 is 0 Å². The highest BCUT2D eigenvalue weighted by Gasteiger charge is 2.08. The summed E-state index contributed by atoms with van der Waals surface area (Å²) in [5, 5.41) is 0. The van der Waals surface area contributed by atoms with Crippen molar-refractivity contribution in [2.45, 2.75) is 13.3 Å². The van der Waals surface area contributed by atoms with Gasteiger partial charge in [0.1, 0.15) is 4.99 Å². The van der Waals surface area contributed by atoms with Gasteiger partial charge in [-0.15, -0.1) is 0 Å². The average Bonchev–Trinajstić information content (AvgIpc) is 2.17. The molecule has 0 aliphatic heterocycles. The molecule has 0 radical (unpaired) electrons. The zero-order chi connectivity index (χ0) is 12.2. The summed E-state index contributed by atoms with van der Waals surface area (Å²) in [7, 11) is -3.26. The van der Waals surface area contributed by atoms with Crippen LogP contribution in [0.1, 0.15) is 18.9 Å².